The van der Waals surface area contributed by atoms with Gasteiger partial charge in [-0.3, -0.25) is 9.11 Å². The molecule has 0 fully saturated rings. The molecule has 5 heteroatoms. The number of hydrogen-bond donors (Lipinski definition) is 2. The van der Waals surface area contributed by atoms with Crippen LogP contribution in [0.2, 0.25) is 0 Å². The highest BCUT2D eigenvalue weighted by molar-refractivity contribution is 7.79. The van der Waals surface area contributed by atoms with Gasteiger partial charge in [0.2, 0.25) is 0 Å². The van der Waals surface area contributed by atoms with E-state index in [0.29, 0.717) is 0 Å². The minimum Gasteiger partial charge on any atom is -0.264 e. The fourth-order valence-corrected chi connectivity index (χ4v) is 7.73. The molecule has 2 N–H and O–H groups in total. The average Bonchev–Trinajstić information content (AvgIpc) is 3.10. The SMILES string of the molecule is CCCCCCCCCCCCc1cc2ccccc2c(CCCCCCCCCCCC)c1CCCCCCCCCCCC.O=S(=O)(O)O. The normalized spacial score (nSPS) is 11.6. The van der Waals surface area contributed by atoms with Crippen LogP contribution in [0.25, 0.3) is 10.8 Å². The van der Waals surface area contributed by atoms with Crippen LogP contribution in [-0.2, 0) is 29.7 Å². The van der Waals surface area contributed by atoms with Gasteiger partial charge in [-0.15, -0.1) is 0 Å². The molecule has 0 aromatic heterocycles. The van der Waals surface area contributed by atoms with Gasteiger partial charge in [-0.25, -0.2) is 0 Å². The van der Waals surface area contributed by atoms with Crippen molar-refractivity contribution in [2.45, 2.75) is 233 Å². The lowest BCUT2D eigenvalue weighted by atomic mass is 9.86. The fourth-order valence-electron chi connectivity index (χ4n) is 7.73. The van der Waals surface area contributed by atoms with Crippen molar-refractivity contribution in [3.63, 3.8) is 0 Å². The Labute approximate surface area is 317 Å². The van der Waals surface area contributed by atoms with E-state index >= 15 is 0 Å². The van der Waals surface area contributed by atoms with E-state index in [1.54, 1.807) is 22.1 Å². The smallest absolute Gasteiger partial charge is 0.264 e. The van der Waals surface area contributed by atoms with Crippen LogP contribution in [0.3, 0.4) is 0 Å². The van der Waals surface area contributed by atoms with Gasteiger partial charge in [0.1, 0.15) is 0 Å². The number of benzene rings is 2. The standard InChI is InChI=1S/C46H80.H2O4S/c1-4-7-10-13-16-19-22-25-28-31-36-42-41-43-37-34-35-39-45(43)46(40-33-30-27-24-21-18-15-12-9-6-3)44(42)38-32-29-26-23-20-17-14-11-8-5-2;1-5(2,3)4/h34-35,37,39,41H,4-33,36,38,40H2,1-3H3;(H2,1,2,3,4). The highest BCUT2D eigenvalue weighted by Gasteiger charge is 2.14. The van der Waals surface area contributed by atoms with Crippen LogP contribution in [0.4, 0.5) is 0 Å². The number of fused-ring (bicyclic) bond motifs is 1. The molecule has 0 bridgehead atoms. The van der Waals surface area contributed by atoms with E-state index in [1.165, 1.54) is 217 Å². The van der Waals surface area contributed by atoms with E-state index in [9.17, 15) is 0 Å². The quantitative estimate of drug-likeness (QED) is 0.0566. The summed E-state index contributed by atoms with van der Waals surface area (Å²) in [6.45, 7) is 6.96. The molecule has 0 radical (unpaired) electrons. The van der Waals surface area contributed by atoms with Gasteiger partial charge in [0.25, 0.3) is 0 Å². The van der Waals surface area contributed by atoms with Gasteiger partial charge in [0.05, 0.1) is 0 Å². The molecule has 0 saturated heterocycles. The molecule has 0 unspecified atom stereocenters. The van der Waals surface area contributed by atoms with Crippen LogP contribution in [0.1, 0.15) is 230 Å². The molecular weight excluding hydrogens is 649 g/mol. The van der Waals surface area contributed by atoms with Gasteiger partial charge in [-0.05, 0) is 66.0 Å². The lowest BCUT2D eigenvalue weighted by molar-refractivity contribution is 0.381. The summed E-state index contributed by atoms with van der Waals surface area (Å²) in [6, 6.07) is 12.0. The molecule has 0 heterocycles. The van der Waals surface area contributed by atoms with Crippen LogP contribution in [-0.4, -0.2) is 17.5 Å². The Morgan fingerprint density at radius 3 is 1.08 bits per heavy atom. The first-order chi connectivity index (χ1) is 24.8. The van der Waals surface area contributed by atoms with Crippen LogP contribution >= 0.6 is 0 Å². The van der Waals surface area contributed by atoms with Crippen LogP contribution < -0.4 is 0 Å². The number of aryl methyl sites for hydroxylation is 2. The largest absolute Gasteiger partial charge is 0.394 e. The second-order valence-corrected chi connectivity index (χ2v) is 16.4. The van der Waals surface area contributed by atoms with Gasteiger partial charge >= 0.3 is 10.4 Å². The Morgan fingerprint density at radius 1 is 0.412 bits per heavy atom. The second kappa shape index (κ2) is 33.2. The van der Waals surface area contributed by atoms with E-state index in [4.69, 9.17) is 17.5 Å². The van der Waals surface area contributed by atoms with Crippen molar-refractivity contribution >= 4 is 21.2 Å². The summed E-state index contributed by atoms with van der Waals surface area (Å²) >= 11 is 0. The minimum absolute atomic E-state index is 1.29. The Balaban J connectivity index is 0.00000242. The first-order valence-electron chi connectivity index (χ1n) is 22.0. The zero-order valence-electron chi connectivity index (χ0n) is 33.8. The van der Waals surface area contributed by atoms with Crippen molar-refractivity contribution in [3.05, 3.63) is 47.0 Å². The maximum absolute atomic E-state index is 8.74. The van der Waals surface area contributed by atoms with Gasteiger partial charge in [0, 0.05) is 0 Å². The summed E-state index contributed by atoms with van der Waals surface area (Å²) in [5, 5.41) is 3.06. The Morgan fingerprint density at radius 2 is 0.706 bits per heavy atom. The van der Waals surface area contributed by atoms with Gasteiger partial charge in [0.15, 0.2) is 0 Å². The Kier molecular flexibility index (Phi) is 30.9. The highest BCUT2D eigenvalue weighted by Crippen LogP contribution is 2.31. The topological polar surface area (TPSA) is 74.6 Å². The van der Waals surface area contributed by atoms with Crippen molar-refractivity contribution in [2.75, 3.05) is 0 Å². The summed E-state index contributed by atoms with van der Waals surface area (Å²) in [5.74, 6) is 0. The molecule has 2 rings (SSSR count). The number of rotatable bonds is 33. The van der Waals surface area contributed by atoms with E-state index in [0.717, 1.165) is 0 Å². The first kappa shape index (κ1) is 47.6. The molecule has 2 aromatic rings. The summed E-state index contributed by atoms with van der Waals surface area (Å²) < 4.78 is 31.6. The van der Waals surface area contributed by atoms with Gasteiger partial charge in [-0.1, -0.05) is 224 Å². The molecule has 0 amide bonds. The average molecular weight is 731 g/mol. The molecular formula is C46H82O4S. The Hall–Kier alpha value is -1.43. The highest BCUT2D eigenvalue weighted by atomic mass is 32.3. The van der Waals surface area contributed by atoms with Crippen LogP contribution in [0.5, 0.6) is 0 Å². The molecule has 4 nitrogen and oxygen atoms in total. The van der Waals surface area contributed by atoms with Crippen molar-refractivity contribution < 1.29 is 17.5 Å². The second-order valence-electron chi connectivity index (χ2n) is 15.5. The van der Waals surface area contributed by atoms with Crippen LogP contribution in [0, 0.1) is 0 Å². The lowest BCUT2D eigenvalue weighted by Gasteiger charge is -2.19. The first-order valence-corrected chi connectivity index (χ1v) is 23.4. The summed E-state index contributed by atoms with van der Waals surface area (Å²) in [7, 11) is -4.67. The van der Waals surface area contributed by atoms with Crippen molar-refractivity contribution in [2.24, 2.45) is 0 Å². The third kappa shape index (κ3) is 27.8. The zero-order valence-corrected chi connectivity index (χ0v) is 34.7. The molecule has 296 valence electrons. The monoisotopic (exact) mass is 731 g/mol. The van der Waals surface area contributed by atoms with Gasteiger partial charge in [-0.2, -0.15) is 8.42 Å². The molecule has 0 atom stereocenters. The van der Waals surface area contributed by atoms with E-state index in [2.05, 4.69) is 51.1 Å². The van der Waals surface area contributed by atoms with Crippen molar-refractivity contribution in [1.82, 2.24) is 0 Å². The Bertz CT molecular complexity index is 1170. The lowest BCUT2D eigenvalue weighted by Crippen LogP contribution is -2.04. The fraction of sp³-hybridized carbons (Fsp3) is 0.783. The third-order valence-corrected chi connectivity index (χ3v) is 10.7. The molecule has 0 aliphatic heterocycles. The van der Waals surface area contributed by atoms with E-state index < -0.39 is 10.4 Å². The maximum Gasteiger partial charge on any atom is 0.394 e. The summed E-state index contributed by atoms with van der Waals surface area (Å²) in [5.41, 5.74) is 5.21. The third-order valence-electron chi connectivity index (χ3n) is 10.7. The maximum atomic E-state index is 8.74. The molecule has 0 aliphatic rings. The molecule has 0 aliphatic carbocycles. The zero-order chi connectivity index (χ0) is 37.3. The number of unbranched alkanes of at least 4 members (excludes halogenated alkanes) is 27. The van der Waals surface area contributed by atoms with Crippen LogP contribution in [0.15, 0.2) is 30.3 Å². The minimum atomic E-state index is -4.67. The molecule has 0 saturated carbocycles. The summed E-state index contributed by atoms with van der Waals surface area (Å²) in [6.07, 6.45) is 46.6. The predicted molar refractivity (Wildman–Crippen MR) is 225 cm³/mol. The van der Waals surface area contributed by atoms with Crippen molar-refractivity contribution in [1.29, 1.82) is 0 Å². The van der Waals surface area contributed by atoms with Gasteiger partial charge < -0.3 is 0 Å². The number of hydrogen-bond acceptors (Lipinski definition) is 2. The molecule has 2 aromatic carbocycles. The van der Waals surface area contributed by atoms with E-state index in [-0.39, 0.29) is 0 Å². The van der Waals surface area contributed by atoms with E-state index in [1.807, 2.05) is 0 Å². The molecule has 0 spiro atoms. The summed E-state index contributed by atoms with van der Waals surface area (Å²) in [4.78, 5) is 0. The molecule has 51 heavy (non-hydrogen) atoms. The van der Waals surface area contributed by atoms with Crippen molar-refractivity contribution in [3.8, 4) is 0 Å². The predicted octanol–water partition coefficient (Wildman–Crippen LogP) is 15.6.